The van der Waals surface area contributed by atoms with Crippen LogP contribution in [0.25, 0.3) is 0 Å². The summed E-state index contributed by atoms with van der Waals surface area (Å²) in [6, 6.07) is 1.18. The number of likely N-dealkylation sites (N-methyl/N-ethyl adjacent to an activating group) is 1. The van der Waals surface area contributed by atoms with E-state index in [0.717, 1.165) is 12.3 Å². The molecule has 230 valence electrons. The predicted molar refractivity (Wildman–Crippen MR) is 135 cm³/mol. The summed E-state index contributed by atoms with van der Waals surface area (Å²) < 4.78 is 79.6. The molecule has 0 spiro atoms. The zero-order chi connectivity index (χ0) is 32.3. The summed E-state index contributed by atoms with van der Waals surface area (Å²) in [6.45, 7) is 1.72. The Labute approximate surface area is 239 Å². The van der Waals surface area contributed by atoms with Gasteiger partial charge in [0.15, 0.2) is 6.10 Å². The molecule has 0 radical (unpaired) electrons. The summed E-state index contributed by atoms with van der Waals surface area (Å²) in [7, 11) is 1.21. The monoisotopic (exact) mass is 614 g/mol. The second-order valence-electron chi connectivity index (χ2n) is 9.70. The van der Waals surface area contributed by atoms with E-state index in [1.807, 2.05) is 5.32 Å². The lowest BCUT2D eigenvalue weighted by atomic mass is 9.93. The van der Waals surface area contributed by atoms with Crippen molar-refractivity contribution in [3.63, 3.8) is 0 Å². The molecule has 1 aliphatic rings. The smallest absolute Gasteiger partial charge is 0.381 e. The molecule has 0 bridgehead atoms. The van der Waals surface area contributed by atoms with Crippen LogP contribution < -0.4 is 21.3 Å². The third kappa shape index (κ3) is 7.97. The Bertz CT molecular complexity index is 1440. The number of amides is 4. The van der Waals surface area contributed by atoms with Crippen molar-refractivity contribution in [2.45, 2.75) is 50.3 Å². The fraction of sp³-hybridized carbons (Fsp3) is 0.385. The Kier molecular flexibility index (Phi) is 9.65. The van der Waals surface area contributed by atoms with Gasteiger partial charge in [-0.3, -0.25) is 19.2 Å². The van der Waals surface area contributed by atoms with Crippen LogP contribution in [0.15, 0.2) is 30.5 Å². The first kappa shape index (κ1) is 32.8. The average Bonchev–Trinajstić information content (AvgIpc) is 3.26. The maximum absolute atomic E-state index is 13.3. The van der Waals surface area contributed by atoms with Crippen LogP contribution in [0.5, 0.6) is 0 Å². The first-order valence-electron chi connectivity index (χ1n) is 12.5. The van der Waals surface area contributed by atoms with Gasteiger partial charge < -0.3 is 26.4 Å². The largest absolute Gasteiger partial charge is 0.416 e. The van der Waals surface area contributed by atoms with Crippen LogP contribution in [0, 0.1) is 17.2 Å². The Balaban J connectivity index is 1.97. The molecule has 11 nitrogen and oxygen atoms in total. The van der Waals surface area contributed by atoms with Crippen molar-refractivity contribution < 1.29 is 50.6 Å². The van der Waals surface area contributed by atoms with Crippen LogP contribution in [0.3, 0.4) is 0 Å². The number of aliphatic hydroxyl groups excluding tert-OH is 1. The summed E-state index contributed by atoms with van der Waals surface area (Å²) in [4.78, 5) is 54.3. The topological polar surface area (TPSA) is 173 Å². The van der Waals surface area contributed by atoms with Crippen LogP contribution in [0.1, 0.15) is 57.2 Å². The number of nitrogens with one attached hydrogen (secondary N) is 4. The average molecular weight is 615 g/mol. The van der Waals surface area contributed by atoms with Crippen LogP contribution in [-0.2, 0) is 21.9 Å². The van der Waals surface area contributed by atoms with Gasteiger partial charge in [-0.05, 0) is 44.0 Å². The Morgan fingerprint density at radius 3 is 2.19 bits per heavy atom. The molecule has 3 rings (SSSR count). The number of anilines is 1. The summed E-state index contributed by atoms with van der Waals surface area (Å²) in [5.41, 5.74) is -5.37. The molecule has 1 unspecified atom stereocenters. The van der Waals surface area contributed by atoms with Gasteiger partial charge in [0.1, 0.15) is 11.9 Å². The molecule has 4 amide bonds. The van der Waals surface area contributed by atoms with Crippen LogP contribution in [-0.4, -0.2) is 59.0 Å². The third-order valence-electron chi connectivity index (χ3n) is 6.49. The summed E-state index contributed by atoms with van der Waals surface area (Å²) in [6.07, 6.45) is -11.4. The molecule has 43 heavy (non-hydrogen) atoms. The first-order valence-corrected chi connectivity index (χ1v) is 12.5. The fourth-order valence-corrected chi connectivity index (χ4v) is 4.37. The molecule has 1 aromatic heterocycles. The summed E-state index contributed by atoms with van der Waals surface area (Å²) in [5, 5.41) is 29.0. The minimum atomic E-state index is -5.23. The van der Waals surface area contributed by atoms with E-state index in [1.54, 1.807) is 13.0 Å². The molecular weight excluding hydrogens is 590 g/mol. The number of carbonyl (C=O) groups is 4. The van der Waals surface area contributed by atoms with Crippen molar-refractivity contribution in [2.75, 3.05) is 12.4 Å². The van der Waals surface area contributed by atoms with Crippen molar-refractivity contribution in [1.29, 1.82) is 5.26 Å². The number of aromatic nitrogens is 1. The minimum Gasteiger partial charge on any atom is -0.381 e. The standard InChI is InChI=1S/C26H24F6N6O5/c1-11-3-13(21(40)36-11)7-18(19(39)24(43)34-2)37-23(42)17-4-12(9-33)10-35-20(17)38-22(41)14-5-15(25(27,28)29)8-16(6-14)26(30,31)32/h4-6,8,10-11,13,18-19,39H,3,7H2,1-2H3,(H,34,43)(H,36,40)(H,37,42)(H,35,38,41)/t11-,13+,18+,19?/m1/s1. The number of halogens is 6. The van der Waals surface area contributed by atoms with Gasteiger partial charge in [-0.1, -0.05) is 0 Å². The van der Waals surface area contributed by atoms with E-state index in [0.29, 0.717) is 6.42 Å². The van der Waals surface area contributed by atoms with Gasteiger partial charge in [0.25, 0.3) is 17.7 Å². The van der Waals surface area contributed by atoms with Gasteiger partial charge in [-0.15, -0.1) is 0 Å². The van der Waals surface area contributed by atoms with E-state index in [4.69, 9.17) is 0 Å². The van der Waals surface area contributed by atoms with Gasteiger partial charge in [-0.25, -0.2) is 4.98 Å². The van der Waals surface area contributed by atoms with Crippen molar-refractivity contribution in [2.24, 2.45) is 5.92 Å². The molecule has 1 saturated heterocycles. The van der Waals surface area contributed by atoms with E-state index in [1.165, 1.54) is 7.05 Å². The number of nitrogens with zero attached hydrogens (tertiary/aromatic N) is 2. The van der Waals surface area contributed by atoms with Gasteiger partial charge >= 0.3 is 12.4 Å². The molecule has 17 heteroatoms. The molecular formula is C26H24F6N6O5. The maximum Gasteiger partial charge on any atom is 0.416 e. The van der Waals surface area contributed by atoms with Crippen molar-refractivity contribution in [1.82, 2.24) is 20.9 Å². The molecule has 4 atom stereocenters. The molecule has 1 fully saturated rings. The highest BCUT2D eigenvalue weighted by atomic mass is 19.4. The molecule has 2 heterocycles. The predicted octanol–water partition coefficient (Wildman–Crippen LogP) is 2.36. The molecule has 1 aromatic carbocycles. The van der Waals surface area contributed by atoms with Crippen molar-refractivity contribution in [3.8, 4) is 6.07 Å². The zero-order valence-corrected chi connectivity index (χ0v) is 22.4. The lowest BCUT2D eigenvalue weighted by Crippen LogP contribution is -2.51. The van der Waals surface area contributed by atoms with Crippen LogP contribution in [0.2, 0.25) is 0 Å². The number of hydrogen-bond donors (Lipinski definition) is 5. The van der Waals surface area contributed by atoms with Gasteiger partial charge in [0.05, 0.1) is 28.3 Å². The quantitative estimate of drug-likeness (QED) is 0.284. The number of alkyl halides is 6. The van der Waals surface area contributed by atoms with E-state index in [2.05, 4.69) is 20.9 Å². The molecule has 5 N–H and O–H groups in total. The minimum absolute atomic E-state index is 0.168. The molecule has 2 aromatic rings. The Morgan fingerprint density at radius 1 is 1.09 bits per heavy atom. The summed E-state index contributed by atoms with van der Waals surface area (Å²) >= 11 is 0. The van der Waals surface area contributed by atoms with E-state index < -0.39 is 82.1 Å². The van der Waals surface area contributed by atoms with E-state index >= 15 is 0 Å². The van der Waals surface area contributed by atoms with Crippen molar-refractivity contribution in [3.05, 3.63) is 58.3 Å². The number of pyridine rings is 1. The van der Waals surface area contributed by atoms with Gasteiger partial charge in [0, 0.05) is 30.8 Å². The lowest BCUT2D eigenvalue weighted by Gasteiger charge is -2.25. The van der Waals surface area contributed by atoms with Gasteiger partial charge in [0.2, 0.25) is 5.91 Å². The highest BCUT2D eigenvalue weighted by Gasteiger charge is 2.39. The normalized spacial score (nSPS) is 18.2. The van der Waals surface area contributed by atoms with E-state index in [-0.39, 0.29) is 36.2 Å². The maximum atomic E-state index is 13.3. The number of benzene rings is 1. The fourth-order valence-electron chi connectivity index (χ4n) is 4.37. The van der Waals surface area contributed by atoms with Crippen LogP contribution in [0.4, 0.5) is 32.2 Å². The second-order valence-corrected chi connectivity index (χ2v) is 9.70. The molecule has 0 saturated carbocycles. The number of carbonyl (C=O) groups excluding carboxylic acids is 4. The number of aliphatic hydroxyl groups is 1. The second kappa shape index (κ2) is 12.7. The third-order valence-corrected chi connectivity index (χ3v) is 6.49. The molecule has 0 aliphatic carbocycles. The zero-order valence-electron chi connectivity index (χ0n) is 22.4. The van der Waals surface area contributed by atoms with Crippen molar-refractivity contribution >= 4 is 29.4 Å². The highest BCUT2D eigenvalue weighted by molar-refractivity contribution is 6.08. The van der Waals surface area contributed by atoms with Crippen LogP contribution >= 0.6 is 0 Å². The Hall–Kier alpha value is -4.72. The molecule has 1 aliphatic heterocycles. The first-order chi connectivity index (χ1) is 19.9. The SMILES string of the molecule is CNC(=O)C(O)[C@H](C[C@@H]1C[C@@H](C)NC1=O)NC(=O)c1cc(C#N)cnc1NC(=O)c1cc(C(F)(F)F)cc(C(F)(F)F)c1. The Morgan fingerprint density at radius 2 is 1.70 bits per heavy atom. The number of hydrogen-bond acceptors (Lipinski definition) is 7. The van der Waals surface area contributed by atoms with E-state index in [9.17, 15) is 55.9 Å². The number of nitriles is 1. The van der Waals surface area contributed by atoms with Gasteiger partial charge in [-0.2, -0.15) is 31.6 Å². The highest BCUT2D eigenvalue weighted by Crippen LogP contribution is 2.36. The lowest BCUT2D eigenvalue weighted by molar-refractivity contribution is -0.143. The summed E-state index contributed by atoms with van der Waals surface area (Å²) in [5.74, 6) is -5.32. The number of rotatable bonds is 8.